The van der Waals surface area contributed by atoms with Gasteiger partial charge in [0.2, 0.25) is 0 Å². The Morgan fingerprint density at radius 2 is 2.16 bits per heavy atom. The normalized spacial score (nSPS) is 16.6. The number of aliphatic imine (C=N–C) groups is 1. The van der Waals surface area contributed by atoms with Gasteiger partial charge in [-0.2, -0.15) is 0 Å². The summed E-state index contributed by atoms with van der Waals surface area (Å²) in [6.07, 6.45) is 3.55. The Morgan fingerprint density at radius 3 is 2.94 bits per heavy atom. The monoisotopic (exact) mass is 455 g/mol. The summed E-state index contributed by atoms with van der Waals surface area (Å²) in [5, 5.41) is 11.7. The van der Waals surface area contributed by atoms with E-state index in [-0.39, 0.29) is 16.6 Å². The Morgan fingerprint density at radius 1 is 1.32 bits per heavy atom. The molecule has 1 aromatic heterocycles. The number of carbonyl (C=O) groups is 2. The molecule has 0 aliphatic carbocycles. The maximum Gasteiger partial charge on any atom is 0.331 e. The van der Waals surface area contributed by atoms with Crippen molar-refractivity contribution in [2.45, 2.75) is 6.42 Å². The maximum absolute atomic E-state index is 13.0. The first-order valence-corrected chi connectivity index (χ1v) is 10.6. The average molecular weight is 456 g/mol. The number of halogens is 1. The third-order valence-electron chi connectivity index (χ3n) is 4.73. The Balaban J connectivity index is 1.64. The van der Waals surface area contributed by atoms with E-state index in [9.17, 15) is 14.7 Å². The molecule has 0 spiro atoms. The summed E-state index contributed by atoms with van der Waals surface area (Å²) < 4.78 is 4.66. The smallest absolute Gasteiger partial charge is 0.331 e. The largest absolute Gasteiger partial charge is 0.508 e. The van der Waals surface area contributed by atoms with Crippen LogP contribution in [-0.4, -0.2) is 45.7 Å². The lowest BCUT2D eigenvalue weighted by molar-refractivity contribution is -0.135. The second-order valence-electron chi connectivity index (χ2n) is 6.76. The number of nitrogens with one attached hydrogen (secondary N) is 1. The van der Waals surface area contributed by atoms with Crippen LogP contribution in [0.4, 0.5) is 5.69 Å². The molecule has 0 saturated carbocycles. The minimum Gasteiger partial charge on any atom is -0.508 e. The molecule has 1 fully saturated rings. The minimum atomic E-state index is -0.605. The van der Waals surface area contributed by atoms with Crippen molar-refractivity contribution in [2.75, 3.05) is 13.7 Å². The van der Waals surface area contributed by atoms with Crippen molar-refractivity contribution in [2.24, 2.45) is 4.99 Å². The van der Waals surface area contributed by atoms with Crippen LogP contribution in [0.5, 0.6) is 5.75 Å². The number of fused-ring (bicyclic) bond motifs is 1. The van der Waals surface area contributed by atoms with Crippen molar-refractivity contribution in [1.29, 1.82) is 0 Å². The Labute approximate surface area is 187 Å². The molecule has 158 valence electrons. The lowest BCUT2D eigenvalue weighted by Crippen LogP contribution is -2.31. The molecular weight excluding hydrogens is 438 g/mol. The quantitative estimate of drug-likeness (QED) is 0.439. The van der Waals surface area contributed by atoms with Crippen molar-refractivity contribution in [3.63, 3.8) is 0 Å². The number of amides is 1. The average Bonchev–Trinajstić information content (AvgIpc) is 3.27. The number of aromatic hydroxyl groups is 1. The molecule has 2 heterocycles. The van der Waals surface area contributed by atoms with Crippen LogP contribution in [0.1, 0.15) is 5.56 Å². The van der Waals surface area contributed by atoms with Gasteiger partial charge in [0.25, 0.3) is 5.91 Å². The zero-order valence-corrected chi connectivity index (χ0v) is 18.0. The number of methoxy groups -OCH3 is 1. The molecule has 31 heavy (non-hydrogen) atoms. The van der Waals surface area contributed by atoms with Crippen LogP contribution < -0.4 is 0 Å². The van der Waals surface area contributed by atoms with E-state index in [2.05, 4.69) is 14.7 Å². The SMILES string of the molecule is COC(=O)/C=C1/SC(=Nc2cccc(Cl)c2)N(CCc2c[nH]c3ccc(O)cc23)C1=O. The van der Waals surface area contributed by atoms with E-state index in [1.54, 1.807) is 42.5 Å². The number of ether oxygens (including phenoxy) is 1. The predicted molar refractivity (Wildman–Crippen MR) is 122 cm³/mol. The number of aromatic amines is 1. The summed E-state index contributed by atoms with van der Waals surface area (Å²) in [5.74, 6) is -0.751. The molecule has 2 N–H and O–H groups in total. The molecule has 7 nitrogen and oxygen atoms in total. The number of phenolic OH excluding ortho intramolecular Hbond substituents is 1. The number of carbonyl (C=O) groups excluding carboxylic acids is 2. The summed E-state index contributed by atoms with van der Waals surface area (Å²) in [4.78, 5) is 34.2. The number of hydrogen-bond donors (Lipinski definition) is 2. The van der Waals surface area contributed by atoms with Gasteiger partial charge in [0.1, 0.15) is 5.75 Å². The van der Waals surface area contributed by atoms with Crippen molar-refractivity contribution in [1.82, 2.24) is 9.88 Å². The van der Waals surface area contributed by atoms with Gasteiger partial charge in [-0.1, -0.05) is 17.7 Å². The van der Waals surface area contributed by atoms with Crippen LogP contribution in [0.2, 0.25) is 5.02 Å². The van der Waals surface area contributed by atoms with Gasteiger partial charge in [-0.05, 0) is 60.1 Å². The summed E-state index contributed by atoms with van der Waals surface area (Å²) in [6, 6.07) is 12.1. The van der Waals surface area contributed by atoms with E-state index in [0.717, 1.165) is 28.2 Å². The number of phenols is 1. The highest BCUT2D eigenvalue weighted by molar-refractivity contribution is 8.18. The van der Waals surface area contributed by atoms with Gasteiger partial charge in [0.05, 0.1) is 17.7 Å². The fourth-order valence-corrected chi connectivity index (χ4v) is 4.39. The van der Waals surface area contributed by atoms with E-state index in [1.807, 2.05) is 6.20 Å². The number of aromatic nitrogens is 1. The predicted octanol–water partition coefficient (Wildman–Crippen LogP) is 4.39. The van der Waals surface area contributed by atoms with Crippen LogP contribution in [0.3, 0.4) is 0 Å². The molecule has 9 heteroatoms. The third kappa shape index (κ3) is 4.60. The Kier molecular flexibility index (Phi) is 6.01. The van der Waals surface area contributed by atoms with Gasteiger partial charge in [0, 0.05) is 34.7 Å². The molecule has 1 amide bonds. The second kappa shape index (κ2) is 8.87. The molecule has 2 aromatic carbocycles. The Hall–Kier alpha value is -3.23. The van der Waals surface area contributed by atoms with Gasteiger partial charge in [-0.25, -0.2) is 9.79 Å². The highest BCUT2D eigenvalue weighted by Crippen LogP contribution is 2.34. The van der Waals surface area contributed by atoms with Crippen molar-refractivity contribution in [3.8, 4) is 5.75 Å². The van der Waals surface area contributed by atoms with Crippen molar-refractivity contribution >= 4 is 57.0 Å². The van der Waals surface area contributed by atoms with E-state index >= 15 is 0 Å². The van der Waals surface area contributed by atoms with Crippen LogP contribution in [0.25, 0.3) is 10.9 Å². The minimum absolute atomic E-state index is 0.174. The molecular formula is C22H18ClN3O4S. The maximum atomic E-state index is 13.0. The first-order chi connectivity index (χ1) is 14.9. The Bertz CT molecular complexity index is 1230. The topological polar surface area (TPSA) is 95.0 Å². The zero-order chi connectivity index (χ0) is 22.0. The first kappa shape index (κ1) is 21.0. The van der Waals surface area contributed by atoms with Gasteiger partial charge < -0.3 is 14.8 Å². The third-order valence-corrected chi connectivity index (χ3v) is 5.97. The molecule has 0 atom stereocenters. The molecule has 0 bridgehead atoms. The van der Waals surface area contributed by atoms with E-state index in [0.29, 0.717) is 28.8 Å². The molecule has 0 unspecified atom stereocenters. The number of thioether (sulfide) groups is 1. The van der Waals surface area contributed by atoms with Crippen LogP contribution in [0, 0.1) is 0 Å². The molecule has 1 aliphatic rings. The lowest BCUT2D eigenvalue weighted by Gasteiger charge is -2.15. The van der Waals surface area contributed by atoms with Crippen molar-refractivity contribution in [3.05, 3.63) is 70.2 Å². The fraction of sp³-hybridized carbons (Fsp3) is 0.136. The van der Waals surface area contributed by atoms with E-state index < -0.39 is 5.97 Å². The summed E-state index contributed by atoms with van der Waals surface area (Å²) >= 11 is 7.17. The number of rotatable bonds is 5. The van der Waals surface area contributed by atoms with E-state index in [4.69, 9.17) is 11.6 Å². The molecule has 4 rings (SSSR count). The van der Waals surface area contributed by atoms with Crippen LogP contribution >= 0.6 is 23.4 Å². The lowest BCUT2D eigenvalue weighted by atomic mass is 10.1. The zero-order valence-electron chi connectivity index (χ0n) is 16.5. The summed E-state index contributed by atoms with van der Waals surface area (Å²) in [5.41, 5.74) is 2.45. The van der Waals surface area contributed by atoms with Gasteiger partial charge in [-0.15, -0.1) is 0 Å². The van der Waals surface area contributed by atoms with Crippen LogP contribution in [-0.2, 0) is 20.7 Å². The van der Waals surface area contributed by atoms with E-state index in [1.165, 1.54) is 18.1 Å². The summed E-state index contributed by atoms with van der Waals surface area (Å²) in [6.45, 7) is 0.340. The number of nitrogens with zero attached hydrogens (tertiary/aromatic N) is 2. The molecule has 1 saturated heterocycles. The molecule has 3 aromatic rings. The highest BCUT2D eigenvalue weighted by atomic mass is 35.5. The van der Waals surface area contributed by atoms with Gasteiger partial charge in [0.15, 0.2) is 5.17 Å². The number of amidine groups is 1. The van der Waals surface area contributed by atoms with Gasteiger partial charge in [-0.3, -0.25) is 9.69 Å². The summed E-state index contributed by atoms with van der Waals surface area (Å²) in [7, 11) is 1.26. The number of esters is 1. The first-order valence-electron chi connectivity index (χ1n) is 9.37. The van der Waals surface area contributed by atoms with Crippen molar-refractivity contribution < 1.29 is 19.4 Å². The standard InChI is InChI=1S/C22H18ClN3O4S/c1-30-20(28)11-19-21(29)26(22(31-19)25-15-4-2-3-14(23)9-15)8-7-13-12-24-18-6-5-16(27)10-17(13)18/h2-6,9-12,24,27H,7-8H2,1H3/b19-11+,25-22?. The highest BCUT2D eigenvalue weighted by Gasteiger charge is 2.34. The van der Waals surface area contributed by atoms with Crippen LogP contribution in [0.15, 0.2) is 64.6 Å². The molecule has 0 radical (unpaired) electrons. The molecule has 1 aliphatic heterocycles. The van der Waals surface area contributed by atoms with Gasteiger partial charge >= 0.3 is 5.97 Å². The fourth-order valence-electron chi connectivity index (χ4n) is 3.22. The second-order valence-corrected chi connectivity index (χ2v) is 8.20. The number of benzene rings is 2. The number of hydrogen-bond acceptors (Lipinski definition) is 6. The number of H-pyrrole nitrogens is 1.